The fraction of sp³-hybridized carbons (Fsp3) is 0.310. The fourth-order valence-electron chi connectivity index (χ4n) is 6.86. The summed E-state index contributed by atoms with van der Waals surface area (Å²) < 4.78 is 30.2. The normalized spacial score (nSPS) is 14.0. The Kier molecular flexibility index (Phi) is 14.3. The molecule has 294 valence electrons. The second-order valence-corrected chi connectivity index (χ2v) is 15.6. The van der Waals surface area contributed by atoms with Crippen LogP contribution in [0.15, 0.2) is 91.1 Å². The molecule has 1 aliphatic heterocycles. The maximum atomic E-state index is 14.3. The first-order valence-corrected chi connectivity index (χ1v) is 20.6. The van der Waals surface area contributed by atoms with Crippen molar-refractivity contribution in [3.8, 4) is 0 Å². The summed E-state index contributed by atoms with van der Waals surface area (Å²) in [6.45, 7) is 3.49. The number of amides is 4. The van der Waals surface area contributed by atoms with Crippen molar-refractivity contribution in [1.29, 1.82) is 0 Å². The number of halogens is 4. The summed E-state index contributed by atoms with van der Waals surface area (Å²) in [6.07, 6.45) is 6.47. The van der Waals surface area contributed by atoms with Gasteiger partial charge < -0.3 is 25.8 Å². The first kappa shape index (κ1) is 41.0. The third-order valence-electron chi connectivity index (χ3n) is 9.80. The lowest BCUT2D eigenvalue weighted by Gasteiger charge is -2.23. The first-order chi connectivity index (χ1) is 27.1. The molecule has 4 aromatic carbocycles. The van der Waals surface area contributed by atoms with Crippen LogP contribution in [0.3, 0.4) is 0 Å². The lowest BCUT2D eigenvalue weighted by atomic mass is 10.0. The van der Waals surface area contributed by atoms with Crippen LogP contribution in [-0.4, -0.2) is 64.5 Å². The van der Waals surface area contributed by atoms with Crippen LogP contribution in [0.2, 0.25) is 10.0 Å². The van der Waals surface area contributed by atoms with Crippen molar-refractivity contribution in [2.24, 2.45) is 0 Å². The van der Waals surface area contributed by atoms with Gasteiger partial charge in [0.2, 0.25) is 11.8 Å². The minimum Gasteiger partial charge on any atom is -0.350 e. The van der Waals surface area contributed by atoms with Gasteiger partial charge in [0.25, 0.3) is 0 Å². The van der Waals surface area contributed by atoms with Gasteiger partial charge in [0.15, 0.2) is 11.6 Å². The molecule has 0 aliphatic carbocycles. The van der Waals surface area contributed by atoms with Crippen molar-refractivity contribution in [1.82, 2.24) is 25.4 Å². The van der Waals surface area contributed by atoms with Crippen molar-refractivity contribution in [3.63, 3.8) is 0 Å². The van der Waals surface area contributed by atoms with Gasteiger partial charge in [-0.05, 0) is 97.4 Å². The zero-order valence-electron chi connectivity index (χ0n) is 30.9. The highest BCUT2D eigenvalue weighted by molar-refractivity contribution is 7.98. The number of nitrogens with one attached hydrogen (secondary N) is 4. The molecule has 5 aromatic rings. The van der Waals surface area contributed by atoms with E-state index in [2.05, 4.69) is 36.9 Å². The smallest absolute Gasteiger partial charge is 0.319 e. The number of thioether (sulfide) groups is 1. The molecule has 1 saturated heterocycles. The van der Waals surface area contributed by atoms with Crippen molar-refractivity contribution in [3.05, 3.63) is 135 Å². The van der Waals surface area contributed by atoms with Crippen LogP contribution in [0.4, 0.5) is 19.3 Å². The molecule has 14 heteroatoms. The Morgan fingerprint density at radius 1 is 0.804 bits per heavy atom. The van der Waals surface area contributed by atoms with E-state index in [9.17, 15) is 23.2 Å². The molecule has 56 heavy (non-hydrogen) atoms. The highest BCUT2D eigenvalue weighted by Gasteiger charge is 2.28. The number of carbonyl (C=O) groups is 3. The lowest BCUT2D eigenvalue weighted by Crippen LogP contribution is -2.55. The number of hydrogen-bond donors (Lipinski definition) is 4. The summed E-state index contributed by atoms with van der Waals surface area (Å²) >= 11 is 14.7. The molecule has 0 bridgehead atoms. The molecule has 4 N–H and O–H groups in total. The number of nitrogens with zero attached hydrogens (tertiary/aromatic N) is 2. The van der Waals surface area contributed by atoms with Gasteiger partial charge in [0, 0.05) is 52.4 Å². The summed E-state index contributed by atoms with van der Waals surface area (Å²) in [5.74, 6) is -2.57. The average Bonchev–Trinajstić information content (AvgIpc) is 3.83. The predicted molar refractivity (Wildman–Crippen MR) is 221 cm³/mol. The van der Waals surface area contributed by atoms with E-state index in [0.717, 1.165) is 72.2 Å². The Morgan fingerprint density at radius 3 is 2.27 bits per heavy atom. The quantitative estimate of drug-likeness (QED) is 0.0805. The van der Waals surface area contributed by atoms with Gasteiger partial charge in [-0.25, -0.2) is 13.6 Å². The highest BCUT2D eigenvalue weighted by atomic mass is 35.5. The number of aromatic nitrogens is 1. The summed E-state index contributed by atoms with van der Waals surface area (Å²) in [5, 5.41) is 13.3. The van der Waals surface area contributed by atoms with Gasteiger partial charge in [-0.2, -0.15) is 11.8 Å². The van der Waals surface area contributed by atoms with Gasteiger partial charge in [-0.15, -0.1) is 0 Å². The number of benzene rings is 4. The Bertz CT molecular complexity index is 2150. The molecule has 4 amide bonds. The minimum absolute atomic E-state index is 0.169. The molecule has 0 saturated carbocycles. The maximum Gasteiger partial charge on any atom is 0.319 e. The molecule has 9 nitrogen and oxygen atoms in total. The summed E-state index contributed by atoms with van der Waals surface area (Å²) in [4.78, 5) is 43.3. The van der Waals surface area contributed by atoms with Crippen molar-refractivity contribution in [2.75, 3.05) is 30.4 Å². The zero-order chi connectivity index (χ0) is 39.6. The summed E-state index contributed by atoms with van der Waals surface area (Å²) in [5.41, 5.74) is 4.38. The van der Waals surface area contributed by atoms with E-state index in [1.807, 2.05) is 48.7 Å². The Hall–Kier alpha value is -4.62. The molecule has 6 rings (SSSR count). The van der Waals surface area contributed by atoms with Gasteiger partial charge in [-0.3, -0.25) is 14.5 Å². The molecule has 1 aromatic heterocycles. The van der Waals surface area contributed by atoms with E-state index in [1.165, 1.54) is 17.8 Å². The van der Waals surface area contributed by atoms with E-state index in [1.54, 1.807) is 24.3 Å². The number of likely N-dealkylation sites (tertiary alicyclic amines) is 1. The number of anilines is 1. The van der Waals surface area contributed by atoms with E-state index in [-0.39, 0.29) is 24.4 Å². The van der Waals surface area contributed by atoms with Crippen molar-refractivity contribution < 1.29 is 23.2 Å². The molecule has 0 radical (unpaired) electrons. The molecule has 2 heterocycles. The Labute approximate surface area is 339 Å². The predicted octanol–water partition coefficient (Wildman–Crippen LogP) is 8.16. The number of fused-ring (bicyclic) bond motifs is 1. The van der Waals surface area contributed by atoms with Gasteiger partial charge >= 0.3 is 6.03 Å². The van der Waals surface area contributed by atoms with Crippen LogP contribution in [0.1, 0.15) is 41.5 Å². The molecule has 0 spiro atoms. The molecule has 1 aliphatic rings. The van der Waals surface area contributed by atoms with Crippen LogP contribution >= 0.6 is 35.0 Å². The second kappa shape index (κ2) is 19.5. The van der Waals surface area contributed by atoms with Crippen molar-refractivity contribution >= 4 is 69.4 Å². The van der Waals surface area contributed by atoms with Gasteiger partial charge in [0.05, 0.1) is 12.1 Å². The van der Waals surface area contributed by atoms with Crippen LogP contribution in [0.25, 0.3) is 10.9 Å². The standard InChI is InChI=1S/C42H44Cl2F2N6O3S/c1-56-19-16-37(40(53)47-23-27-8-3-2-4-9-27)49-41(54)38(21-28-12-15-35(45)36(46)20-28)50-42(55)48-30-13-14-31-29(24-51-17-5-6-18-51)25-52(39(31)22-30)26-32-33(43)10-7-11-34(32)44/h2-4,7-15,20,22,25,37-38H,5-6,16-19,21,23-24,26H2,1H3,(H,47,53)(H,49,54)(H2,48,50,55)/t37-,38-/m0/s1. The van der Waals surface area contributed by atoms with Crippen LogP contribution in [0.5, 0.6) is 0 Å². The molecule has 1 fully saturated rings. The van der Waals surface area contributed by atoms with E-state index in [4.69, 9.17) is 23.2 Å². The fourth-order valence-corrected chi connectivity index (χ4v) is 7.85. The Morgan fingerprint density at radius 2 is 1.55 bits per heavy atom. The van der Waals surface area contributed by atoms with Gasteiger partial charge in [0.1, 0.15) is 12.1 Å². The zero-order valence-corrected chi connectivity index (χ0v) is 33.3. The lowest BCUT2D eigenvalue weighted by molar-refractivity contribution is -0.130. The highest BCUT2D eigenvalue weighted by Crippen LogP contribution is 2.31. The summed E-state index contributed by atoms with van der Waals surface area (Å²) in [7, 11) is 0. The first-order valence-electron chi connectivity index (χ1n) is 18.5. The number of rotatable bonds is 16. The number of carbonyl (C=O) groups excluding carboxylic acids is 3. The monoisotopic (exact) mass is 820 g/mol. The largest absolute Gasteiger partial charge is 0.350 e. The second-order valence-electron chi connectivity index (χ2n) is 13.8. The van der Waals surface area contributed by atoms with Crippen LogP contribution in [0, 0.1) is 11.6 Å². The third kappa shape index (κ3) is 10.8. The Balaban J connectivity index is 1.23. The number of urea groups is 1. The van der Waals surface area contributed by atoms with Crippen LogP contribution in [-0.2, 0) is 35.6 Å². The topological polar surface area (TPSA) is 108 Å². The van der Waals surface area contributed by atoms with E-state index in [0.29, 0.717) is 34.5 Å². The van der Waals surface area contributed by atoms with Crippen molar-refractivity contribution in [2.45, 2.75) is 57.4 Å². The minimum atomic E-state index is -1.25. The van der Waals surface area contributed by atoms with E-state index >= 15 is 0 Å². The third-order valence-corrected chi connectivity index (χ3v) is 11.2. The SMILES string of the molecule is CSCC[C@H](NC(=O)[C@H](Cc1ccc(F)c(F)c1)NC(=O)Nc1ccc2c(CN3CCCC3)cn(Cc3c(Cl)cccc3Cl)c2c1)C(=O)NCc1ccccc1. The average molecular weight is 822 g/mol. The van der Waals surface area contributed by atoms with Gasteiger partial charge in [-0.1, -0.05) is 71.7 Å². The maximum absolute atomic E-state index is 14.3. The molecular formula is C42H44Cl2F2N6O3S. The molecular weight excluding hydrogens is 777 g/mol. The number of hydrogen-bond acceptors (Lipinski definition) is 5. The molecule has 0 unspecified atom stereocenters. The summed E-state index contributed by atoms with van der Waals surface area (Å²) in [6, 6.07) is 20.8. The molecule has 2 atom stereocenters. The van der Waals surface area contributed by atoms with Crippen LogP contribution < -0.4 is 21.3 Å². The van der Waals surface area contributed by atoms with E-state index < -0.39 is 35.7 Å².